The largest absolute Gasteiger partial charge is 0.330 e. The lowest BCUT2D eigenvalue weighted by Crippen LogP contribution is -2.12. The van der Waals surface area contributed by atoms with Crippen molar-refractivity contribution in [3.63, 3.8) is 0 Å². The summed E-state index contributed by atoms with van der Waals surface area (Å²) in [5.74, 6) is 1.11. The first-order chi connectivity index (χ1) is 13.4. The van der Waals surface area contributed by atoms with E-state index >= 15 is 0 Å². The average molecular weight is 375 g/mol. The lowest BCUT2D eigenvalue weighted by Gasteiger charge is -2.07. The van der Waals surface area contributed by atoms with E-state index in [-0.39, 0.29) is 11.9 Å². The third-order valence-electron chi connectivity index (χ3n) is 4.69. The van der Waals surface area contributed by atoms with Gasteiger partial charge in [0.25, 0.3) is 5.91 Å². The van der Waals surface area contributed by atoms with E-state index in [2.05, 4.69) is 20.4 Å². The van der Waals surface area contributed by atoms with E-state index in [1.807, 2.05) is 44.5 Å². The molecule has 0 unspecified atom stereocenters. The van der Waals surface area contributed by atoms with Gasteiger partial charge >= 0.3 is 0 Å². The van der Waals surface area contributed by atoms with Crippen molar-refractivity contribution in [2.45, 2.75) is 26.8 Å². The van der Waals surface area contributed by atoms with Gasteiger partial charge in [0.1, 0.15) is 11.6 Å². The quantitative estimate of drug-likeness (QED) is 0.591. The molecule has 4 heterocycles. The molecule has 0 aliphatic heterocycles. The van der Waals surface area contributed by atoms with Crippen molar-refractivity contribution in [1.82, 2.24) is 29.3 Å². The molecule has 0 atom stereocenters. The molecule has 8 heteroatoms. The van der Waals surface area contributed by atoms with E-state index in [1.54, 1.807) is 35.5 Å². The maximum atomic E-state index is 12.5. The Labute approximate surface area is 162 Å². The Bertz CT molecular complexity index is 1170. The van der Waals surface area contributed by atoms with Crippen LogP contribution in [-0.4, -0.2) is 35.2 Å². The molecule has 0 aromatic carbocycles. The zero-order valence-electron chi connectivity index (χ0n) is 16.2. The van der Waals surface area contributed by atoms with Gasteiger partial charge in [0.2, 0.25) is 0 Å². The minimum atomic E-state index is -0.253. The Morgan fingerprint density at radius 1 is 1.14 bits per heavy atom. The van der Waals surface area contributed by atoms with Crippen molar-refractivity contribution in [1.29, 1.82) is 0 Å². The van der Waals surface area contributed by atoms with Crippen LogP contribution in [0.25, 0.3) is 22.3 Å². The van der Waals surface area contributed by atoms with Crippen molar-refractivity contribution >= 4 is 22.6 Å². The molecule has 4 rings (SSSR count). The fraction of sp³-hybridized carbons (Fsp3) is 0.250. The molecule has 28 heavy (non-hydrogen) atoms. The highest BCUT2D eigenvalue weighted by Crippen LogP contribution is 2.22. The first kappa shape index (κ1) is 17.8. The molecule has 0 fully saturated rings. The molecule has 0 spiro atoms. The number of amides is 1. The van der Waals surface area contributed by atoms with Gasteiger partial charge < -0.3 is 9.88 Å². The molecule has 1 amide bonds. The summed E-state index contributed by atoms with van der Waals surface area (Å²) < 4.78 is 3.73. The van der Waals surface area contributed by atoms with Gasteiger partial charge in [0.15, 0.2) is 0 Å². The second-order valence-corrected chi connectivity index (χ2v) is 6.97. The van der Waals surface area contributed by atoms with E-state index in [1.165, 1.54) is 0 Å². The van der Waals surface area contributed by atoms with Crippen LogP contribution in [0.5, 0.6) is 0 Å². The number of fused-ring (bicyclic) bond motifs is 1. The number of carbonyl (C=O) groups excluding carboxylic acids is 1. The summed E-state index contributed by atoms with van der Waals surface area (Å²) in [7, 11) is 1.96. The first-order valence-electron chi connectivity index (χ1n) is 9.03. The number of pyridine rings is 2. The predicted octanol–water partition coefficient (Wildman–Crippen LogP) is 3.37. The number of nitrogens with one attached hydrogen (secondary N) is 1. The fourth-order valence-electron chi connectivity index (χ4n) is 2.89. The molecular formula is C20H21N7O. The maximum absolute atomic E-state index is 12.5. The van der Waals surface area contributed by atoms with E-state index in [9.17, 15) is 4.79 Å². The predicted molar refractivity (Wildman–Crippen MR) is 107 cm³/mol. The van der Waals surface area contributed by atoms with Crippen molar-refractivity contribution in [3.8, 4) is 11.4 Å². The van der Waals surface area contributed by atoms with Crippen LogP contribution in [0.2, 0.25) is 0 Å². The zero-order valence-corrected chi connectivity index (χ0v) is 16.2. The minimum Gasteiger partial charge on any atom is -0.330 e. The van der Waals surface area contributed by atoms with E-state index < -0.39 is 0 Å². The van der Waals surface area contributed by atoms with Crippen LogP contribution in [0.3, 0.4) is 0 Å². The van der Waals surface area contributed by atoms with E-state index in [0.29, 0.717) is 11.4 Å². The molecule has 4 aromatic heterocycles. The summed E-state index contributed by atoms with van der Waals surface area (Å²) in [6.45, 7) is 5.96. The van der Waals surface area contributed by atoms with Gasteiger partial charge in [-0.25, -0.2) is 15.0 Å². The number of hydrogen-bond acceptors (Lipinski definition) is 5. The number of hydrogen-bond donors (Lipinski definition) is 1. The Balaban J connectivity index is 1.62. The van der Waals surface area contributed by atoms with Gasteiger partial charge in [-0.15, -0.1) is 0 Å². The van der Waals surface area contributed by atoms with Crippen LogP contribution in [0, 0.1) is 6.92 Å². The van der Waals surface area contributed by atoms with Gasteiger partial charge in [0, 0.05) is 36.9 Å². The summed E-state index contributed by atoms with van der Waals surface area (Å²) in [6.07, 6.45) is 6.78. The second kappa shape index (κ2) is 6.88. The van der Waals surface area contributed by atoms with Crippen LogP contribution in [0.1, 0.15) is 36.1 Å². The Morgan fingerprint density at radius 3 is 2.64 bits per heavy atom. The molecule has 0 aliphatic carbocycles. The second-order valence-electron chi connectivity index (χ2n) is 6.97. The Kier molecular flexibility index (Phi) is 4.38. The summed E-state index contributed by atoms with van der Waals surface area (Å²) in [6, 6.07) is 5.87. The standard InChI is InChI=1S/C20H21N7O/c1-12(2)27-11-15(9-23-27)20(28)25-19-7-17-14(8-22-19)5-6-16(24-17)18-10-21-13(3)26(18)4/h5-12H,1-4H3,(H,22,25,28). The average Bonchev–Trinajstić information content (AvgIpc) is 3.29. The maximum Gasteiger partial charge on any atom is 0.260 e. The van der Waals surface area contributed by atoms with Crippen LogP contribution >= 0.6 is 0 Å². The van der Waals surface area contributed by atoms with Gasteiger partial charge in [-0.05, 0) is 32.9 Å². The van der Waals surface area contributed by atoms with E-state index in [4.69, 9.17) is 4.98 Å². The summed E-state index contributed by atoms with van der Waals surface area (Å²) in [4.78, 5) is 25.8. The number of aryl methyl sites for hydroxylation is 1. The molecule has 0 saturated heterocycles. The molecule has 142 valence electrons. The minimum absolute atomic E-state index is 0.193. The molecule has 0 bridgehead atoms. The summed E-state index contributed by atoms with van der Waals surface area (Å²) >= 11 is 0. The van der Waals surface area contributed by atoms with E-state index in [0.717, 1.165) is 28.1 Å². The number of imidazole rings is 1. The molecule has 0 aliphatic rings. The SMILES string of the molecule is Cc1ncc(-c2ccc3cnc(NC(=O)c4cnn(C(C)C)c4)cc3n2)n1C. The summed E-state index contributed by atoms with van der Waals surface area (Å²) in [5.41, 5.74) is 2.99. The van der Waals surface area contributed by atoms with Crippen molar-refractivity contribution < 1.29 is 4.79 Å². The Hall–Kier alpha value is -3.55. The van der Waals surface area contributed by atoms with Crippen LogP contribution in [0.15, 0.2) is 43.0 Å². The highest BCUT2D eigenvalue weighted by molar-refractivity contribution is 6.04. The molecular weight excluding hydrogens is 354 g/mol. The zero-order chi connectivity index (χ0) is 19.8. The highest BCUT2D eigenvalue weighted by atomic mass is 16.1. The van der Waals surface area contributed by atoms with Gasteiger partial charge in [-0.2, -0.15) is 5.10 Å². The number of nitrogens with zero attached hydrogens (tertiary/aromatic N) is 6. The first-order valence-corrected chi connectivity index (χ1v) is 9.03. The van der Waals surface area contributed by atoms with Crippen LogP contribution in [0.4, 0.5) is 5.82 Å². The molecule has 8 nitrogen and oxygen atoms in total. The topological polar surface area (TPSA) is 90.5 Å². The lowest BCUT2D eigenvalue weighted by molar-refractivity contribution is 0.102. The monoisotopic (exact) mass is 375 g/mol. The third kappa shape index (κ3) is 3.24. The van der Waals surface area contributed by atoms with Crippen molar-refractivity contribution in [2.24, 2.45) is 7.05 Å². The molecule has 0 saturated carbocycles. The molecule has 1 N–H and O–H groups in total. The van der Waals surface area contributed by atoms with Crippen molar-refractivity contribution in [3.05, 3.63) is 54.4 Å². The van der Waals surface area contributed by atoms with Gasteiger partial charge in [0.05, 0.1) is 34.9 Å². The summed E-state index contributed by atoms with van der Waals surface area (Å²) in [5, 5.41) is 7.91. The van der Waals surface area contributed by atoms with Gasteiger partial charge in [-0.1, -0.05) is 0 Å². The van der Waals surface area contributed by atoms with Gasteiger partial charge in [-0.3, -0.25) is 9.48 Å². The molecule has 0 radical (unpaired) electrons. The number of carbonyl (C=O) groups is 1. The third-order valence-corrected chi connectivity index (χ3v) is 4.69. The lowest BCUT2D eigenvalue weighted by atomic mass is 10.2. The fourth-order valence-corrected chi connectivity index (χ4v) is 2.89. The molecule has 4 aromatic rings. The smallest absolute Gasteiger partial charge is 0.260 e. The normalized spacial score (nSPS) is 11.3. The van der Waals surface area contributed by atoms with Crippen LogP contribution < -0.4 is 5.32 Å². The number of rotatable bonds is 4. The van der Waals surface area contributed by atoms with Crippen molar-refractivity contribution in [2.75, 3.05) is 5.32 Å². The number of anilines is 1. The number of aromatic nitrogens is 6. The Morgan fingerprint density at radius 2 is 1.96 bits per heavy atom. The highest BCUT2D eigenvalue weighted by Gasteiger charge is 2.12. The van der Waals surface area contributed by atoms with Crippen LogP contribution in [-0.2, 0) is 7.05 Å².